The van der Waals surface area contributed by atoms with Crippen LogP contribution in [0.5, 0.6) is 5.75 Å². The number of hydrogen-bond acceptors (Lipinski definition) is 4. The fraction of sp³-hybridized carbons (Fsp3) is 0.278. The molecule has 2 heterocycles. The topological polar surface area (TPSA) is 85.0 Å². The Balaban J connectivity index is 1.52. The van der Waals surface area contributed by atoms with E-state index in [2.05, 4.69) is 15.4 Å². The van der Waals surface area contributed by atoms with Crippen molar-refractivity contribution in [3.63, 3.8) is 0 Å². The summed E-state index contributed by atoms with van der Waals surface area (Å²) in [7, 11) is 0. The molecule has 1 amide bonds. The molecule has 128 valence electrons. The van der Waals surface area contributed by atoms with E-state index in [-0.39, 0.29) is 29.4 Å². The van der Waals surface area contributed by atoms with E-state index in [1.807, 2.05) is 41.1 Å². The van der Waals surface area contributed by atoms with E-state index >= 15 is 0 Å². The van der Waals surface area contributed by atoms with E-state index in [9.17, 15) is 9.90 Å². The van der Waals surface area contributed by atoms with Crippen LogP contribution in [0, 0.1) is 0 Å². The highest BCUT2D eigenvalue weighted by Crippen LogP contribution is 2.30. The predicted octanol–water partition coefficient (Wildman–Crippen LogP) is 2.30. The van der Waals surface area contributed by atoms with E-state index in [0.717, 1.165) is 24.9 Å². The van der Waals surface area contributed by atoms with Gasteiger partial charge in [0, 0.05) is 18.4 Å². The van der Waals surface area contributed by atoms with Crippen LogP contribution in [0.2, 0.25) is 0 Å². The molecule has 1 aromatic carbocycles. The summed E-state index contributed by atoms with van der Waals surface area (Å²) in [4.78, 5) is 16.7. The number of aromatic nitrogens is 4. The number of carbonyl (C=O) groups is 1. The van der Waals surface area contributed by atoms with E-state index < -0.39 is 0 Å². The second-order valence-electron chi connectivity index (χ2n) is 6.23. The number of benzene rings is 1. The molecule has 2 atom stereocenters. The van der Waals surface area contributed by atoms with Gasteiger partial charge in [0.25, 0.3) is 5.91 Å². The van der Waals surface area contributed by atoms with Crippen LogP contribution in [-0.4, -0.2) is 36.4 Å². The molecule has 3 aromatic rings. The van der Waals surface area contributed by atoms with Crippen LogP contribution in [0.4, 0.5) is 0 Å². The summed E-state index contributed by atoms with van der Waals surface area (Å²) in [5.41, 5.74) is 0.828. The molecule has 25 heavy (non-hydrogen) atoms. The lowest BCUT2D eigenvalue weighted by Gasteiger charge is -2.21. The fourth-order valence-corrected chi connectivity index (χ4v) is 3.41. The van der Waals surface area contributed by atoms with Gasteiger partial charge < -0.3 is 15.0 Å². The molecule has 1 saturated carbocycles. The van der Waals surface area contributed by atoms with Crippen molar-refractivity contribution in [1.82, 2.24) is 24.6 Å². The molecule has 1 aliphatic rings. The third kappa shape index (κ3) is 3.00. The van der Waals surface area contributed by atoms with Gasteiger partial charge in [-0.1, -0.05) is 18.2 Å². The van der Waals surface area contributed by atoms with Crippen molar-refractivity contribution in [2.24, 2.45) is 0 Å². The SMILES string of the molecule is O=C(N[C@@H]1CCC[C@@H]1n1ccnc1)c1nn(-c2ccccc2)cc1O. The zero-order valence-corrected chi connectivity index (χ0v) is 13.6. The Hall–Kier alpha value is -3.09. The fourth-order valence-electron chi connectivity index (χ4n) is 3.41. The van der Waals surface area contributed by atoms with Crippen molar-refractivity contribution < 1.29 is 9.90 Å². The maximum Gasteiger partial charge on any atom is 0.275 e. The van der Waals surface area contributed by atoms with Crippen LogP contribution in [0.1, 0.15) is 35.8 Å². The monoisotopic (exact) mass is 337 g/mol. The average Bonchev–Trinajstić information content (AvgIpc) is 3.35. The third-order valence-electron chi connectivity index (χ3n) is 4.63. The first-order valence-corrected chi connectivity index (χ1v) is 8.35. The molecule has 0 aliphatic heterocycles. The molecule has 2 aromatic heterocycles. The molecule has 1 fully saturated rings. The summed E-state index contributed by atoms with van der Waals surface area (Å²) in [5.74, 6) is -0.484. The number of nitrogens with zero attached hydrogens (tertiary/aromatic N) is 4. The number of hydrogen-bond donors (Lipinski definition) is 2. The summed E-state index contributed by atoms with van der Waals surface area (Å²) >= 11 is 0. The Morgan fingerprint density at radius 3 is 2.84 bits per heavy atom. The molecule has 7 heteroatoms. The molecule has 2 N–H and O–H groups in total. The minimum atomic E-state index is -0.357. The number of rotatable bonds is 4. The van der Waals surface area contributed by atoms with Crippen LogP contribution < -0.4 is 5.32 Å². The first kappa shape index (κ1) is 15.4. The Labute approximate surface area is 144 Å². The van der Waals surface area contributed by atoms with Crippen LogP contribution in [0.3, 0.4) is 0 Å². The zero-order valence-electron chi connectivity index (χ0n) is 13.6. The Morgan fingerprint density at radius 2 is 2.08 bits per heavy atom. The smallest absolute Gasteiger partial charge is 0.275 e. The van der Waals surface area contributed by atoms with Gasteiger partial charge in [0.05, 0.1) is 24.3 Å². The highest BCUT2D eigenvalue weighted by atomic mass is 16.3. The summed E-state index contributed by atoms with van der Waals surface area (Å²) < 4.78 is 3.53. The lowest BCUT2D eigenvalue weighted by molar-refractivity contribution is 0.0920. The standard InChI is InChI=1S/C18H19N5O2/c24-16-11-23(13-5-2-1-3-6-13)21-17(16)18(25)20-14-7-4-8-15(14)22-10-9-19-12-22/h1-3,5-6,9-12,14-15,24H,4,7-8H2,(H,20,25)/t14-,15+/m1/s1. The first-order valence-electron chi connectivity index (χ1n) is 8.35. The molecule has 1 aliphatic carbocycles. The van der Waals surface area contributed by atoms with Crippen LogP contribution in [-0.2, 0) is 0 Å². The van der Waals surface area contributed by atoms with E-state index in [4.69, 9.17) is 0 Å². The normalized spacial score (nSPS) is 19.8. The molecular weight excluding hydrogens is 318 g/mol. The van der Waals surface area contributed by atoms with Gasteiger partial charge in [-0.05, 0) is 31.4 Å². The molecular formula is C18H19N5O2. The van der Waals surface area contributed by atoms with Crippen molar-refractivity contribution in [2.75, 3.05) is 0 Å². The molecule has 0 radical (unpaired) electrons. The number of amides is 1. The van der Waals surface area contributed by atoms with Gasteiger partial charge in [-0.3, -0.25) is 4.79 Å². The highest BCUT2D eigenvalue weighted by molar-refractivity contribution is 5.95. The lowest BCUT2D eigenvalue weighted by atomic mass is 10.1. The number of para-hydroxylation sites is 1. The molecule has 0 unspecified atom stereocenters. The summed E-state index contributed by atoms with van der Waals surface area (Å²) in [5, 5.41) is 17.4. The summed E-state index contributed by atoms with van der Waals surface area (Å²) in [6.07, 6.45) is 9.81. The molecule has 0 bridgehead atoms. The second kappa shape index (κ2) is 6.43. The number of imidazole rings is 1. The van der Waals surface area contributed by atoms with Crippen LogP contribution in [0.15, 0.2) is 55.2 Å². The highest BCUT2D eigenvalue weighted by Gasteiger charge is 2.31. The average molecular weight is 337 g/mol. The molecule has 7 nitrogen and oxygen atoms in total. The molecule has 4 rings (SSSR count). The van der Waals surface area contributed by atoms with Gasteiger partial charge in [-0.2, -0.15) is 5.10 Å². The number of carbonyl (C=O) groups excluding carboxylic acids is 1. The third-order valence-corrected chi connectivity index (χ3v) is 4.63. The maximum atomic E-state index is 12.6. The second-order valence-corrected chi connectivity index (χ2v) is 6.23. The van der Waals surface area contributed by atoms with Gasteiger partial charge >= 0.3 is 0 Å². The quantitative estimate of drug-likeness (QED) is 0.765. The lowest BCUT2D eigenvalue weighted by Crippen LogP contribution is -2.38. The number of nitrogens with one attached hydrogen (secondary N) is 1. The largest absolute Gasteiger partial charge is 0.504 e. The van der Waals surface area contributed by atoms with Crippen LogP contribution >= 0.6 is 0 Å². The van der Waals surface area contributed by atoms with Crippen molar-refractivity contribution in [2.45, 2.75) is 31.3 Å². The van der Waals surface area contributed by atoms with Gasteiger partial charge in [0.15, 0.2) is 11.4 Å². The van der Waals surface area contributed by atoms with Gasteiger partial charge in [0.1, 0.15) is 0 Å². The number of aromatic hydroxyl groups is 1. The van der Waals surface area contributed by atoms with Crippen molar-refractivity contribution in [1.29, 1.82) is 0 Å². The summed E-state index contributed by atoms with van der Waals surface area (Å²) in [6, 6.07) is 9.56. The summed E-state index contributed by atoms with van der Waals surface area (Å²) in [6.45, 7) is 0. The van der Waals surface area contributed by atoms with E-state index in [1.165, 1.54) is 10.9 Å². The Morgan fingerprint density at radius 1 is 1.24 bits per heavy atom. The minimum Gasteiger partial charge on any atom is -0.504 e. The Bertz CT molecular complexity index is 857. The maximum absolute atomic E-state index is 12.6. The minimum absolute atomic E-state index is 0.00275. The molecule has 0 spiro atoms. The Kier molecular flexibility index (Phi) is 3.97. The van der Waals surface area contributed by atoms with E-state index in [1.54, 1.807) is 12.5 Å². The zero-order chi connectivity index (χ0) is 17.2. The van der Waals surface area contributed by atoms with Crippen LogP contribution in [0.25, 0.3) is 5.69 Å². The van der Waals surface area contributed by atoms with Crippen molar-refractivity contribution in [3.8, 4) is 11.4 Å². The van der Waals surface area contributed by atoms with E-state index in [0.29, 0.717) is 0 Å². The molecule has 0 saturated heterocycles. The van der Waals surface area contributed by atoms with Crippen molar-refractivity contribution >= 4 is 5.91 Å². The van der Waals surface area contributed by atoms with Gasteiger partial charge in [-0.25, -0.2) is 9.67 Å². The first-order chi connectivity index (χ1) is 12.2. The predicted molar refractivity (Wildman–Crippen MR) is 91.6 cm³/mol. The van der Waals surface area contributed by atoms with Gasteiger partial charge in [-0.15, -0.1) is 0 Å². The van der Waals surface area contributed by atoms with Gasteiger partial charge in [0.2, 0.25) is 0 Å². The van der Waals surface area contributed by atoms with Crippen molar-refractivity contribution in [3.05, 3.63) is 60.9 Å².